The van der Waals surface area contributed by atoms with E-state index in [9.17, 15) is 13.2 Å². The molecule has 3 rings (SSSR count). The molecule has 0 bridgehead atoms. The fourth-order valence-electron chi connectivity index (χ4n) is 2.89. The van der Waals surface area contributed by atoms with Crippen molar-refractivity contribution < 1.29 is 13.2 Å². The van der Waals surface area contributed by atoms with Gasteiger partial charge in [0.15, 0.2) is 9.84 Å². The van der Waals surface area contributed by atoms with Gasteiger partial charge in [-0.15, -0.1) is 0 Å². The van der Waals surface area contributed by atoms with Gasteiger partial charge in [-0.3, -0.25) is 4.79 Å². The zero-order valence-electron chi connectivity index (χ0n) is 12.3. The Morgan fingerprint density at radius 2 is 1.77 bits per heavy atom. The smallest absolute Gasteiger partial charge is 0.258 e. The van der Waals surface area contributed by atoms with E-state index in [2.05, 4.69) is 0 Å². The predicted molar refractivity (Wildman–Crippen MR) is 86.0 cm³/mol. The van der Waals surface area contributed by atoms with Crippen LogP contribution < -0.4 is 4.90 Å². The van der Waals surface area contributed by atoms with Gasteiger partial charge in [-0.25, -0.2) is 8.42 Å². The highest BCUT2D eigenvalue weighted by Crippen LogP contribution is 2.33. The summed E-state index contributed by atoms with van der Waals surface area (Å²) in [6.07, 6.45) is 2.65. The minimum absolute atomic E-state index is 0.0906. The lowest BCUT2D eigenvalue weighted by Crippen LogP contribution is -2.36. The first-order chi connectivity index (χ1) is 10.5. The maximum Gasteiger partial charge on any atom is 0.258 e. The molecule has 0 N–H and O–H groups in total. The summed E-state index contributed by atoms with van der Waals surface area (Å²) in [4.78, 5) is 14.7. The number of anilines is 1. The quantitative estimate of drug-likeness (QED) is 0.856. The molecule has 1 aliphatic heterocycles. The van der Waals surface area contributed by atoms with E-state index in [1.807, 2.05) is 24.3 Å². The van der Waals surface area contributed by atoms with Crippen LogP contribution in [0, 0.1) is 0 Å². The van der Waals surface area contributed by atoms with Crippen LogP contribution in [0.25, 0.3) is 0 Å². The molecule has 1 heterocycles. The number of sulfone groups is 1. The summed E-state index contributed by atoms with van der Waals surface area (Å²) in [6, 6.07) is 14.2. The second-order valence-electron chi connectivity index (χ2n) is 5.45. The fourth-order valence-corrected chi connectivity index (χ4v) is 3.87. The van der Waals surface area contributed by atoms with E-state index in [1.54, 1.807) is 29.2 Å². The number of carbonyl (C=O) groups excluding carboxylic acids is 1. The number of hydrogen-bond acceptors (Lipinski definition) is 3. The molecule has 0 aliphatic carbocycles. The van der Waals surface area contributed by atoms with Crippen molar-refractivity contribution in [3.8, 4) is 0 Å². The van der Waals surface area contributed by atoms with Crippen molar-refractivity contribution in [2.45, 2.75) is 17.7 Å². The van der Waals surface area contributed by atoms with Gasteiger partial charge in [0.25, 0.3) is 5.91 Å². The molecule has 1 amide bonds. The molecule has 0 aromatic heterocycles. The monoisotopic (exact) mass is 315 g/mol. The van der Waals surface area contributed by atoms with E-state index in [0.29, 0.717) is 29.1 Å². The molecule has 114 valence electrons. The zero-order chi connectivity index (χ0) is 15.7. The van der Waals surface area contributed by atoms with Crippen molar-refractivity contribution in [3.63, 3.8) is 0 Å². The van der Waals surface area contributed by atoms with Crippen LogP contribution >= 0.6 is 0 Å². The third kappa shape index (κ3) is 2.64. The van der Waals surface area contributed by atoms with E-state index in [-0.39, 0.29) is 5.91 Å². The van der Waals surface area contributed by atoms with Crippen molar-refractivity contribution in [3.05, 3.63) is 59.7 Å². The van der Waals surface area contributed by atoms with Gasteiger partial charge in [0.05, 0.1) is 4.90 Å². The van der Waals surface area contributed by atoms with Crippen molar-refractivity contribution >= 4 is 21.4 Å². The van der Waals surface area contributed by atoms with Crippen molar-refractivity contribution in [1.82, 2.24) is 0 Å². The molecular formula is C17H17NO3S. The number of rotatable bonds is 2. The Bertz CT molecular complexity index is 813. The zero-order valence-corrected chi connectivity index (χ0v) is 13.1. The molecular weight excluding hydrogens is 298 g/mol. The first kappa shape index (κ1) is 14.8. The molecule has 0 fully saturated rings. The number of nitrogens with zero attached hydrogens (tertiary/aromatic N) is 1. The molecule has 2 aromatic carbocycles. The van der Waals surface area contributed by atoms with Crippen LogP contribution in [0.4, 0.5) is 5.69 Å². The van der Waals surface area contributed by atoms with Crippen LogP contribution in [-0.4, -0.2) is 27.1 Å². The third-order valence-electron chi connectivity index (χ3n) is 3.87. The molecule has 5 heteroatoms. The van der Waals surface area contributed by atoms with Crippen LogP contribution in [0.1, 0.15) is 22.3 Å². The van der Waals surface area contributed by atoms with Gasteiger partial charge in [0.2, 0.25) is 0 Å². The average Bonchev–Trinajstić information content (AvgIpc) is 2.53. The summed E-state index contributed by atoms with van der Waals surface area (Å²) >= 11 is 0. The molecule has 0 saturated heterocycles. The number of carbonyl (C=O) groups is 1. The largest absolute Gasteiger partial charge is 0.308 e. The minimum Gasteiger partial charge on any atom is -0.308 e. The molecule has 0 atom stereocenters. The standard InChI is InChI=1S/C17H17NO3S/c1-22(20,21)16-11-5-10-15-14(16)9-6-12-18(15)17(19)13-7-3-2-4-8-13/h2-5,7-8,10-11H,6,9,12H2,1H3. The number of amides is 1. The molecule has 4 nitrogen and oxygen atoms in total. The lowest BCUT2D eigenvalue weighted by Gasteiger charge is -2.30. The fraction of sp³-hybridized carbons (Fsp3) is 0.235. The van der Waals surface area contributed by atoms with Crippen LogP contribution in [0.3, 0.4) is 0 Å². The number of benzene rings is 2. The molecule has 0 radical (unpaired) electrons. The Hall–Kier alpha value is -2.14. The summed E-state index contributed by atoms with van der Waals surface area (Å²) in [5.41, 5.74) is 2.07. The van der Waals surface area contributed by atoms with Gasteiger partial charge in [-0.1, -0.05) is 24.3 Å². The highest BCUT2D eigenvalue weighted by Gasteiger charge is 2.27. The lowest BCUT2D eigenvalue weighted by molar-refractivity contribution is 0.0985. The Kier molecular flexibility index (Phi) is 3.74. The van der Waals surface area contributed by atoms with Gasteiger partial charge in [-0.05, 0) is 42.7 Å². The molecule has 0 unspecified atom stereocenters. The molecule has 0 spiro atoms. The van der Waals surface area contributed by atoms with Crippen molar-refractivity contribution in [2.24, 2.45) is 0 Å². The maximum atomic E-state index is 12.7. The molecule has 0 saturated carbocycles. The number of hydrogen-bond donors (Lipinski definition) is 0. The predicted octanol–water partition coefficient (Wildman–Crippen LogP) is 2.68. The van der Waals surface area contributed by atoms with Crippen LogP contribution in [-0.2, 0) is 16.3 Å². The Morgan fingerprint density at radius 1 is 1.05 bits per heavy atom. The topological polar surface area (TPSA) is 54.5 Å². The normalized spacial score (nSPS) is 14.5. The van der Waals surface area contributed by atoms with E-state index in [1.165, 1.54) is 6.26 Å². The van der Waals surface area contributed by atoms with E-state index in [0.717, 1.165) is 12.0 Å². The van der Waals surface area contributed by atoms with E-state index in [4.69, 9.17) is 0 Å². The summed E-state index contributed by atoms with van der Waals surface area (Å²) in [7, 11) is -3.30. The SMILES string of the molecule is CS(=O)(=O)c1cccc2c1CCCN2C(=O)c1ccccc1. The summed E-state index contributed by atoms with van der Waals surface area (Å²) in [5, 5.41) is 0. The highest BCUT2D eigenvalue weighted by molar-refractivity contribution is 7.90. The third-order valence-corrected chi connectivity index (χ3v) is 5.05. The molecule has 22 heavy (non-hydrogen) atoms. The van der Waals surface area contributed by atoms with Gasteiger partial charge in [-0.2, -0.15) is 0 Å². The maximum absolute atomic E-state index is 12.7. The van der Waals surface area contributed by atoms with Gasteiger partial charge >= 0.3 is 0 Å². The van der Waals surface area contributed by atoms with Gasteiger partial charge in [0.1, 0.15) is 0 Å². The highest BCUT2D eigenvalue weighted by atomic mass is 32.2. The van der Waals surface area contributed by atoms with E-state index >= 15 is 0 Å². The average molecular weight is 315 g/mol. The lowest BCUT2D eigenvalue weighted by atomic mass is 10.0. The summed E-state index contributed by atoms with van der Waals surface area (Å²) < 4.78 is 23.9. The van der Waals surface area contributed by atoms with Crippen molar-refractivity contribution in [2.75, 3.05) is 17.7 Å². The second-order valence-corrected chi connectivity index (χ2v) is 7.44. The Labute approximate surface area is 130 Å². The Morgan fingerprint density at radius 3 is 2.45 bits per heavy atom. The first-order valence-electron chi connectivity index (χ1n) is 7.17. The van der Waals surface area contributed by atoms with E-state index < -0.39 is 9.84 Å². The molecule has 1 aliphatic rings. The summed E-state index contributed by atoms with van der Waals surface area (Å²) in [6.45, 7) is 0.605. The molecule has 2 aromatic rings. The minimum atomic E-state index is -3.30. The van der Waals surface area contributed by atoms with Gasteiger partial charge < -0.3 is 4.90 Å². The van der Waals surface area contributed by atoms with Crippen molar-refractivity contribution in [1.29, 1.82) is 0 Å². The second kappa shape index (κ2) is 5.57. The van der Waals surface area contributed by atoms with Crippen LogP contribution in [0.2, 0.25) is 0 Å². The number of fused-ring (bicyclic) bond motifs is 1. The van der Waals surface area contributed by atoms with Gasteiger partial charge in [0, 0.05) is 24.1 Å². The Balaban J connectivity index is 2.08. The van der Waals surface area contributed by atoms with Crippen LogP contribution in [0.5, 0.6) is 0 Å². The first-order valence-corrected chi connectivity index (χ1v) is 9.06. The summed E-state index contributed by atoms with van der Waals surface area (Å²) in [5.74, 6) is -0.0906. The van der Waals surface area contributed by atoms with Crippen LogP contribution in [0.15, 0.2) is 53.4 Å².